The third-order valence-corrected chi connectivity index (χ3v) is 6.88. The van der Waals surface area contributed by atoms with E-state index in [0.717, 1.165) is 22.3 Å². The molecule has 1 spiro atoms. The summed E-state index contributed by atoms with van der Waals surface area (Å²) in [6.07, 6.45) is 0.414. The first-order valence-corrected chi connectivity index (χ1v) is 9.87. The fraction of sp³-hybridized carbons (Fsp3) is 0.316. The van der Waals surface area contributed by atoms with Gasteiger partial charge < -0.3 is 4.74 Å². The number of hydrogen-bond donors (Lipinski definition) is 1. The lowest BCUT2D eigenvalue weighted by molar-refractivity contribution is -0.156. The zero-order valence-corrected chi connectivity index (χ0v) is 14.7. The van der Waals surface area contributed by atoms with Crippen molar-refractivity contribution >= 4 is 16.1 Å². The fourth-order valence-corrected chi connectivity index (χ4v) is 5.13. The number of alkyl halides is 2. The van der Waals surface area contributed by atoms with Crippen LogP contribution in [0.1, 0.15) is 40.2 Å². The van der Waals surface area contributed by atoms with Crippen molar-refractivity contribution in [3.8, 4) is 0 Å². The van der Waals surface area contributed by atoms with Crippen LogP contribution >= 0.6 is 0 Å². The van der Waals surface area contributed by atoms with Crippen molar-refractivity contribution in [2.45, 2.75) is 23.0 Å². The molecule has 0 amide bonds. The molecule has 0 saturated heterocycles. The molecule has 0 radical (unpaired) electrons. The van der Waals surface area contributed by atoms with Gasteiger partial charge in [-0.25, -0.2) is 0 Å². The molecule has 2 aromatic carbocycles. The lowest BCUT2D eigenvalue weighted by atomic mass is 9.60. The van der Waals surface area contributed by atoms with Crippen molar-refractivity contribution < 1.29 is 31.3 Å². The standard InChI is InChI=1S/C19H14F2O5S/c20-19(21,27(23,24)25)9-26-17(22)12-8-18-13-6-2-1-4-10(13)15(12)11-5-3-7-14(18)16(11)18/h1-7,12,15H,8-9H2,(H,23,24,25). The van der Waals surface area contributed by atoms with Crippen LogP contribution in [0.2, 0.25) is 0 Å². The van der Waals surface area contributed by atoms with E-state index in [9.17, 15) is 22.0 Å². The van der Waals surface area contributed by atoms with Gasteiger partial charge in [0.2, 0.25) is 0 Å². The number of esters is 1. The zero-order valence-electron chi connectivity index (χ0n) is 13.9. The minimum atomic E-state index is -5.65. The molecule has 4 aliphatic rings. The number of fused-ring (bicyclic) bond motifs is 1. The number of carbonyl (C=O) groups is 1. The summed E-state index contributed by atoms with van der Waals surface area (Å²) in [5.41, 5.74) is 5.09. The molecular weight excluding hydrogens is 378 g/mol. The molecule has 2 bridgehead atoms. The Balaban J connectivity index is 1.50. The van der Waals surface area contributed by atoms with Crippen LogP contribution in [-0.2, 0) is 25.1 Å². The van der Waals surface area contributed by atoms with Crippen LogP contribution in [0.4, 0.5) is 8.78 Å². The summed E-state index contributed by atoms with van der Waals surface area (Å²) < 4.78 is 61.6. The average molecular weight is 392 g/mol. The van der Waals surface area contributed by atoms with E-state index in [1.165, 1.54) is 5.56 Å². The monoisotopic (exact) mass is 392 g/mol. The molecule has 140 valence electrons. The van der Waals surface area contributed by atoms with Gasteiger partial charge in [-0.15, -0.1) is 0 Å². The second-order valence-electron chi connectivity index (χ2n) is 7.27. The molecule has 4 aliphatic carbocycles. The lowest BCUT2D eigenvalue weighted by Gasteiger charge is -2.42. The van der Waals surface area contributed by atoms with Crippen LogP contribution in [0.5, 0.6) is 0 Å². The lowest BCUT2D eigenvalue weighted by Crippen LogP contribution is -2.41. The molecule has 1 N–H and O–H groups in total. The van der Waals surface area contributed by atoms with Gasteiger partial charge >= 0.3 is 21.3 Å². The summed E-state index contributed by atoms with van der Waals surface area (Å²) in [4.78, 5) is 12.6. The third-order valence-electron chi connectivity index (χ3n) is 6.00. The number of hydrogen-bond acceptors (Lipinski definition) is 4. The second kappa shape index (κ2) is 4.94. The highest BCUT2D eigenvalue weighted by molar-refractivity contribution is 7.86. The van der Waals surface area contributed by atoms with Crippen molar-refractivity contribution in [3.05, 3.63) is 70.3 Å². The molecule has 0 saturated carbocycles. The number of halogens is 2. The highest BCUT2D eigenvalue weighted by Gasteiger charge is 2.65. The Bertz CT molecular complexity index is 1110. The summed E-state index contributed by atoms with van der Waals surface area (Å²) >= 11 is 0. The molecule has 0 aromatic heterocycles. The SMILES string of the molecule is O=C(OCC(F)(F)S(=O)(=O)O)C1CC23c4ccccc4C1c1cccc2c13. The predicted molar refractivity (Wildman–Crippen MR) is 90.2 cm³/mol. The van der Waals surface area contributed by atoms with Gasteiger partial charge in [-0.1, -0.05) is 42.5 Å². The summed E-state index contributed by atoms with van der Waals surface area (Å²) in [6, 6.07) is 13.6. The van der Waals surface area contributed by atoms with Gasteiger partial charge in [-0.05, 0) is 34.2 Å². The molecule has 0 fully saturated rings. The van der Waals surface area contributed by atoms with E-state index in [2.05, 4.69) is 4.74 Å². The highest BCUT2D eigenvalue weighted by atomic mass is 32.2. The average Bonchev–Trinajstić information content (AvgIpc) is 3.29. The molecule has 0 heterocycles. The maximum absolute atomic E-state index is 13.4. The van der Waals surface area contributed by atoms with E-state index < -0.39 is 33.9 Å². The van der Waals surface area contributed by atoms with Crippen molar-refractivity contribution in [2.24, 2.45) is 5.92 Å². The molecule has 3 atom stereocenters. The first kappa shape index (κ1) is 16.8. The molecule has 6 rings (SSSR count). The Labute approximate surface area is 153 Å². The van der Waals surface area contributed by atoms with Crippen LogP contribution in [0.3, 0.4) is 0 Å². The highest BCUT2D eigenvalue weighted by Crippen LogP contribution is 2.71. The van der Waals surface area contributed by atoms with E-state index in [1.54, 1.807) is 0 Å². The van der Waals surface area contributed by atoms with Crippen molar-refractivity contribution in [1.82, 2.24) is 0 Å². The first-order chi connectivity index (χ1) is 12.7. The zero-order chi connectivity index (χ0) is 19.2. The van der Waals surface area contributed by atoms with Crippen LogP contribution in [0, 0.1) is 5.92 Å². The fourth-order valence-electron chi connectivity index (χ4n) is 4.92. The van der Waals surface area contributed by atoms with Crippen LogP contribution < -0.4 is 0 Å². The summed E-state index contributed by atoms with van der Waals surface area (Å²) in [5.74, 6) is -1.88. The molecule has 0 aliphatic heterocycles. The smallest absolute Gasteiger partial charge is 0.402 e. The quantitative estimate of drug-likeness (QED) is 0.639. The summed E-state index contributed by atoms with van der Waals surface area (Å²) in [6.45, 7) is -1.70. The van der Waals surface area contributed by atoms with E-state index >= 15 is 0 Å². The Morgan fingerprint density at radius 2 is 1.81 bits per heavy atom. The Hall–Kier alpha value is -2.32. The topological polar surface area (TPSA) is 80.7 Å². The minimum absolute atomic E-state index is 0.313. The first-order valence-electron chi connectivity index (χ1n) is 8.43. The van der Waals surface area contributed by atoms with Gasteiger partial charge in [0.25, 0.3) is 0 Å². The van der Waals surface area contributed by atoms with Crippen molar-refractivity contribution in [1.29, 1.82) is 0 Å². The molecule has 5 nitrogen and oxygen atoms in total. The van der Waals surface area contributed by atoms with E-state index in [4.69, 9.17) is 4.55 Å². The largest absolute Gasteiger partial charge is 0.458 e. The normalized spacial score (nSPS) is 26.9. The van der Waals surface area contributed by atoms with E-state index in [1.807, 2.05) is 42.5 Å². The van der Waals surface area contributed by atoms with Gasteiger partial charge in [-0.3, -0.25) is 9.35 Å². The number of carbonyl (C=O) groups excluding carboxylic acids is 1. The summed E-state index contributed by atoms with van der Waals surface area (Å²) in [5, 5.41) is -4.53. The molecule has 2 aromatic rings. The van der Waals surface area contributed by atoms with Gasteiger partial charge in [0.1, 0.15) is 0 Å². The van der Waals surface area contributed by atoms with Gasteiger partial charge in [-0.2, -0.15) is 17.2 Å². The minimum Gasteiger partial charge on any atom is -0.458 e. The predicted octanol–water partition coefficient (Wildman–Crippen LogP) is 2.82. The van der Waals surface area contributed by atoms with Gasteiger partial charge in [0, 0.05) is 11.3 Å². The Morgan fingerprint density at radius 3 is 2.56 bits per heavy atom. The molecule has 3 unspecified atom stereocenters. The van der Waals surface area contributed by atoms with Crippen molar-refractivity contribution in [2.75, 3.05) is 6.61 Å². The van der Waals surface area contributed by atoms with Crippen molar-refractivity contribution in [3.63, 3.8) is 0 Å². The molecule has 8 heteroatoms. The van der Waals surface area contributed by atoms with E-state index in [-0.39, 0.29) is 11.3 Å². The van der Waals surface area contributed by atoms with Gasteiger partial charge in [0.05, 0.1) is 5.92 Å². The molecule has 27 heavy (non-hydrogen) atoms. The van der Waals surface area contributed by atoms with Crippen LogP contribution in [0.15, 0.2) is 42.5 Å². The second-order valence-corrected chi connectivity index (χ2v) is 8.82. The molecular formula is C19H14F2O5S. The van der Waals surface area contributed by atoms with Gasteiger partial charge in [0.15, 0.2) is 6.61 Å². The van der Waals surface area contributed by atoms with E-state index in [0.29, 0.717) is 6.42 Å². The Morgan fingerprint density at radius 1 is 1.15 bits per heavy atom. The number of benzene rings is 2. The maximum Gasteiger partial charge on any atom is 0.402 e. The summed E-state index contributed by atoms with van der Waals surface area (Å²) in [7, 11) is -5.65. The third kappa shape index (κ3) is 2.00. The van der Waals surface area contributed by atoms with Crippen LogP contribution in [-0.4, -0.2) is 30.8 Å². The maximum atomic E-state index is 13.4. The number of ether oxygens (including phenoxy) is 1. The van der Waals surface area contributed by atoms with Crippen LogP contribution in [0.25, 0.3) is 0 Å². The Kier molecular flexibility index (Phi) is 3.08. The number of rotatable bonds is 4.